The molecule has 0 amide bonds. The highest BCUT2D eigenvalue weighted by Gasteiger charge is 2.79. The molecule has 0 aromatic heterocycles. The topological polar surface area (TPSA) is 54.4 Å². The minimum Gasteiger partial charge on any atom is -0.383 e. The minimum absolute atomic E-state index is 0.0157. The number of rotatable bonds is 3. The van der Waals surface area contributed by atoms with Crippen LogP contribution < -0.4 is 0 Å². The van der Waals surface area contributed by atoms with Gasteiger partial charge in [-0.15, -0.1) is 0 Å². The van der Waals surface area contributed by atoms with E-state index in [1.807, 2.05) is 0 Å². The van der Waals surface area contributed by atoms with Gasteiger partial charge in [0.05, 0.1) is 0 Å². The van der Waals surface area contributed by atoms with Crippen molar-refractivity contribution in [1.29, 1.82) is 0 Å². The Bertz CT molecular complexity index is 1110. The first-order valence-electron chi connectivity index (χ1n) is 12.7. The zero-order chi connectivity index (χ0) is 26.3. The molecule has 0 bridgehead atoms. The summed E-state index contributed by atoms with van der Waals surface area (Å²) in [6, 6.07) is 6.86. The highest BCUT2D eigenvalue weighted by Crippen LogP contribution is 2.71. The van der Waals surface area contributed by atoms with Crippen LogP contribution in [0.15, 0.2) is 35.9 Å². The Morgan fingerprint density at radius 1 is 1.00 bits per heavy atom. The molecule has 1 N–H and O–H groups in total. The molecule has 4 aliphatic carbocycles. The fraction of sp³-hybridized carbons (Fsp3) is 0.643. The molecule has 196 valence electrons. The molecule has 4 aliphatic rings. The molecule has 0 heterocycles. The number of carbonyl (C=O) groups excluding carboxylic acids is 2. The maximum atomic E-state index is 15.0. The van der Waals surface area contributed by atoms with Gasteiger partial charge in [-0.1, -0.05) is 36.8 Å². The van der Waals surface area contributed by atoms with E-state index in [-0.39, 0.29) is 48.1 Å². The summed E-state index contributed by atoms with van der Waals surface area (Å²) in [5.74, 6) is -6.27. The average Bonchev–Trinajstić information content (AvgIpc) is 3.09. The molecule has 8 heteroatoms. The first-order chi connectivity index (χ1) is 16.7. The third-order valence-electron chi connectivity index (χ3n) is 10.1. The molecule has 36 heavy (non-hydrogen) atoms. The quantitative estimate of drug-likeness (QED) is 0.366. The van der Waals surface area contributed by atoms with Crippen molar-refractivity contribution >= 4 is 11.6 Å². The van der Waals surface area contributed by atoms with Crippen LogP contribution >= 0.6 is 0 Å². The number of carbonyl (C=O) groups is 2. The molecule has 7 atom stereocenters. The van der Waals surface area contributed by atoms with Crippen molar-refractivity contribution in [2.24, 2.45) is 29.1 Å². The van der Waals surface area contributed by atoms with Crippen molar-refractivity contribution in [3.05, 3.63) is 47.0 Å². The molecule has 0 radical (unpaired) electrons. The average molecular weight is 511 g/mol. The molecular weight excluding hydrogens is 479 g/mol. The van der Waals surface area contributed by atoms with Gasteiger partial charge in [-0.05, 0) is 86.7 Å². The third-order valence-corrected chi connectivity index (χ3v) is 10.1. The van der Waals surface area contributed by atoms with Gasteiger partial charge in [0.1, 0.15) is 5.60 Å². The molecule has 1 aromatic rings. The number of aliphatic hydroxyl groups is 1. The minimum atomic E-state index is -5.86. The van der Waals surface area contributed by atoms with Gasteiger partial charge in [0.15, 0.2) is 11.6 Å². The predicted molar refractivity (Wildman–Crippen MR) is 123 cm³/mol. The number of Topliss-reactive ketones (excluding diaryl/α,β-unsaturated/α-hetero) is 1. The molecule has 5 rings (SSSR count). The van der Waals surface area contributed by atoms with Crippen molar-refractivity contribution < 1.29 is 36.6 Å². The first kappa shape index (κ1) is 25.6. The Labute approximate surface area is 207 Å². The fourth-order valence-electron chi connectivity index (χ4n) is 8.37. The van der Waals surface area contributed by atoms with Gasteiger partial charge < -0.3 is 5.11 Å². The second-order valence-electron chi connectivity index (χ2n) is 11.6. The van der Waals surface area contributed by atoms with Gasteiger partial charge in [-0.3, -0.25) is 9.59 Å². The van der Waals surface area contributed by atoms with Crippen molar-refractivity contribution in [3.63, 3.8) is 0 Å². The molecule has 0 unspecified atom stereocenters. The standard InChI is InChI=1S/C28H31F5O3/c1-15(34)16-3-5-17(6-4-16)22-14-25(2)23(11-12-26(25,36)27(29,30)28(31,32)33)21-9-7-18-13-19(35)8-10-20(18)24(21)22/h3-6,13,20-24,36H,7-12,14H2,1-2H3/t20-,21-,22+,23-,24+,25-,26-/m0/s1. The second kappa shape index (κ2) is 8.20. The fourth-order valence-corrected chi connectivity index (χ4v) is 8.37. The summed E-state index contributed by atoms with van der Waals surface area (Å²) in [5, 5.41) is 11.3. The Balaban J connectivity index is 1.63. The van der Waals surface area contributed by atoms with Crippen molar-refractivity contribution in [2.45, 2.75) is 82.4 Å². The second-order valence-corrected chi connectivity index (χ2v) is 11.6. The number of hydrogen-bond acceptors (Lipinski definition) is 3. The number of ketones is 2. The lowest BCUT2D eigenvalue weighted by molar-refractivity contribution is -0.364. The predicted octanol–water partition coefficient (Wildman–Crippen LogP) is 6.65. The van der Waals surface area contributed by atoms with Crippen molar-refractivity contribution in [2.75, 3.05) is 0 Å². The maximum Gasteiger partial charge on any atom is 0.456 e. The van der Waals surface area contributed by atoms with E-state index in [4.69, 9.17) is 0 Å². The summed E-state index contributed by atoms with van der Waals surface area (Å²) in [4.78, 5) is 23.9. The van der Waals surface area contributed by atoms with Crippen LogP contribution in [0.1, 0.15) is 80.6 Å². The van der Waals surface area contributed by atoms with Crippen LogP contribution in [0.25, 0.3) is 0 Å². The summed E-state index contributed by atoms with van der Waals surface area (Å²) >= 11 is 0. The SMILES string of the molecule is CC(=O)c1ccc([C@H]2C[C@@]3(C)[C@@H](CC[C@@]3(O)C(F)(F)C(F)(F)F)[C@@H]3CCC4=CC(=O)CC[C@@H]4[C@H]32)cc1. The Morgan fingerprint density at radius 3 is 2.28 bits per heavy atom. The van der Waals surface area contributed by atoms with Crippen LogP contribution in [-0.4, -0.2) is 34.4 Å². The van der Waals surface area contributed by atoms with E-state index < -0.39 is 35.5 Å². The third kappa shape index (κ3) is 3.46. The summed E-state index contributed by atoms with van der Waals surface area (Å²) in [6.07, 6.45) is -2.42. The zero-order valence-electron chi connectivity index (χ0n) is 20.4. The molecule has 3 saturated carbocycles. The Morgan fingerprint density at radius 2 is 1.67 bits per heavy atom. The van der Waals surface area contributed by atoms with Crippen LogP contribution in [0, 0.1) is 29.1 Å². The van der Waals surface area contributed by atoms with Gasteiger partial charge >= 0.3 is 12.1 Å². The zero-order valence-corrected chi connectivity index (χ0v) is 20.4. The van der Waals surface area contributed by atoms with Gasteiger partial charge in [-0.25, -0.2) is 0 Å². The largest absolute Gasteiger partial charge is 0.456 e. The number of alkyl halides is 5. The lowest BCUT2D eigenvalue weighted by atomic mass is 9.46. The van der Waals surface area contributed by atoms with Crippen LogP contribution in [0.3, 0.4) is 0 Å². The number of hydrogen-bond donors (Lipinski definition) is 1. The van der Waals surface area contributed by atoms with Gasteiger partial charge in [-0.2, -0.15) is 22.0 Å². The molecule has 3 fully saturated rings. The number of fused-ring (bicyclic) bond motifs is 5. The lowest BCUT2D eigenvalue weighted by Crippen LogP contribution is -2.66. The van der Waals surface area contributed by atoms with E-state index >= 15 is 0 Å². The van der Waals surface area contributed by atoms with Crippen LogP contribution in [-0.2, 0) is 4.79 Å². The summed E-state index contributed by atoms with van der Waals surface area (Å²) in [7, 11) is 0. The van der Waals surface area contributed by atoms with Gasteiger partial charge in [0.25, 0.3) is 0 Å². The smallest absolute Gasteiger partial charge is 0.383 e. The Kier molecular flexibility index (Phi) is 5.82. The Hall–Kier alpha value is -2.09. The summed E-state index contributed by atoms with van der Waals surface area (Å²) in [6.45, 7) is 2.86. The molecule has 3 nitrogen and oxygen atoms in total. The van der Waals surface area contributed by atoms with E-state index in [1.54, 1.807) is 30.3 Å². The van der Waals surface area contributed by atoms with E-state index in [0.29, 0.717) is 31.2 Å². The molecule has 1 aromatic carbocycles. The molecule has 0 spiro atoms. The van der Waals surface area contributed by atoms with Crippen LogP contribution in [0.4, 0.5) is 22.0 Å². The molecular formula is C28H31F5O3. The van der Waals surface area contributed by atoms with Gasteiger partial charge in [0.2, 0.25) is 0 Å². The van der Waals surface area contributed by atoms with E-state index in [1.165, 1.54) is 13.8 Å². The van der Waals surface area contributed by atoms with E-state index in [2.05, 4.69) is 0 Å². The van der Waals surface area contributed by atoms with E-state index in [0.717, 1.165) is 11.1 Å². The van der Waals surface area contributed by atoms with Gasteiger partial charge in [0, 0.05) is 17.4 Å². The number of halogens is 5. The summed E-state index contributed by atoms with van der Waals surface area (Å²) in [5.41, 5.74) is -2.54. The summed E-state index contributed by atoms with van der Waals surface area (Å²) < 4.78 is 70.8. The normalized spacial score (nSPS) is 38.6. The van der Waals surface area contributed by atoms with Crippen LogP contribution in [0.5, 0.6) is 0 Å². The number of allylic oxidation sites excluding steroid dienone is 1. The highest BCUT2D eigenvalue weighted by atomic mass is 19.4. The molecule has 0 aliphatic heterocycles. The maximum absolute atomic E-state index is 15.0. The number of benzene rings is 1. The first-order valence-corrected chi connectivity index (χ1v) is 12.7. The molecule has 0 saturated heterocycles. The lowest BCUT2D eigenvalue weighted by Gasteiger charge is -2.59. The van der Waals surface area contributed by atoms with Crippen LogP contribution in [0.2, 0.25) is 0 Å². The van der Waals surface area contributed by atoms with Crippen molar-refractivity contribution in [1.82, 2.24) is 0 Å². The monoisotopic (exact) mass is 510 g/mol. The van der Waals surface area contributed by atoms with E-state index in [9.17, 15) is 36.6 Å². The highest BCUT2D eigenvalue weighted by molar-refractivity contribution is 5.94. The van der Waals surface area contributed by atoms with Crippen molar-refractivity contribution in [3.8, 4) is 0 Å².